The molecule has 0 saturated heterocycles. The maximum Gasteiger partial charge on any atom is 0.243 e. The Morgan fingerprint density at radius 1 is 1.21 bits per heavy atom. The van der Waals surface area contributed by atoms with Crippen LogP contribution in [0.5, 0.6) is 0 Å². The summed E-state index contributed by atoms with van der Waals surface area (Å²) in [6.07, 6.45) is 2.83. The molecule has 1 aromatic rings. The molecule has 1 aliphatic rings. The smallest absolute Gasteiger partial charge is 0.243 e. The molecule has 0 spiro atoms. The fraction of sp³-hybridized carbons (Fsp3) is 0.579. The SMILES string of the molecule is CC(C)COCCC(=O)NC(Cc1ccccc1)C(=O)NC1CC1. The second kappa shape index (κ2) is 9.42. The highest BCUT2D eigenvalue weighted by Gasteiger charge is 2.28. The highest BCUT2D eigenvalue weighted by Crippen LogP contribution is 2.19. The second-order valence-electron chi connectivity index (χ2n) is 6.81. The summed E-state index contributed by atoms with van der Waals surface area (Å²) >= 11 is 0. The van der Waals surface area contributed by atoms with Crippen molar-refractivity contribution in [2.75, 3.05) is 13.2 Å². The largest absolute Gasteiger partial charge is 0.381 e. The summed E-state index contributed by atoms with van der Waals surface area (Å²) in [5, 5.41) is 5.83. The molecule has 5 heteroatoms. The zero-order valence-electron chi connectivity index (χ0n) is 14.6. The summed E-state index contributed by atoms with van der Waals surface area (Å²) < 4.78 is 5.44. The Morgan fingerprint density at radius 3 is 2.54 bits per heavy atom. The zero-order chi connectivity index (χ0) is 17.4. The van der Waals surface area contributed by atoms with Gasteiger partial charge in [-0.3, -0.25) is 9.59 Å². The van der Waals surface area contributed by atoms with Crippen LogP contribution in [0.25, 0.3) is 0 Å². The quantitative estimate of drug-likeness (QED) is 0.645. The van der Waals surface area contributed by atoms with Gasteiger partial charge in [-0.15, -0.1) is 0 Å². The topological polar surface area (TPSA) is 67.4 Å². The van der Waals surface area contributed by atoms with Gasteiger partial charge in [-0.2, -0.15) is 0 Å². The molecule has 0 aromatic heterocycles. The molecular weight excluding hydrogens is 304 g/mol. The predicted molar refractivity (Wildman–Crippen MR) is 93.5 cm³/mol. The van der Waals surface area contributed by atoms with Crippen molar-refractivity contribution < 1.29 is 14.3 Å². The van der Waals surface area contributed by atoms with Gasteiger partial charge in [0, 0.05) is 25.5 Å². The fourth-order valence-electron chi connectivity index (χ4n) is 2.34. The van der Waals surface area contributed by atoms with E-state index in [1.165, 1.54) is 0 Å². The van der Waals surface area contributed by atoms with E-state index in [1.54, 1.807) is 0 Å². The van der Waals surface area contributed by atoms with E-state index in [1.807, 2.05) is 30.3 Å². The van der Waals surface area contributed by atoms with Crippen molar-refractivity contribution in [3.05, 3.63) is 35.9 Å². The molecule has 5 nitrogen and oxygen atoms in total. The number of carbonyl (C=O) groups excluding carboxylic acids is 2. The summed E-state index contributed by atoms with van der Waals surface area (Å²) in [4.78, 5) is 24.5. The number of ether oxygens (including phenoxy) is 1. The van der Waals surface area contributed by atoms with Crippen LogP contribution in [0, 0.1) is 5.92 Å². The van der Waals surface area contributed by atoms with E-state index in [-0.39, 0.29) is 24.3 Å². The van der Waals surface area contributed by atoms with E-state index in [0.717, 1.165) is 18.4 Å². The van der Waals surface area contributed by atoms with Gasteiger partial charge in [-0.25, -0.2) is 0 Å². The van der Waals surface area contributed by atoms with Crippen molar-refractivity contribution in [1.82, 2.24) is 10.6 Å². The monoisotopic (exact) mass is 332 g/mol. The van der Waals surface area contributed by atoms with Crippen LogP contribution in [0.15, 0.2) is 30.3 Å². The van der Waals surface area contributed by atoms with Gasteiger partial charge in [0.05, 0.1) is 6.61 Å². The Balaban J connectivity index is 1.84. The van der Waals surface area contributed by atoms with E-state index >= 15 is 0 Å². The molecule has 2 rings (SSSR count). The predicted octanol–water partition coefficient (Wildman–Crippen LogP) is 2.06. The first-order valence-electron chi connectivity index (χ1n) is 8.76. The number of carbonyl (C=O) groups is 2. The van der Waals surface area contributed by atoms with Gasteiger partial charge >= 0.3 is 0 Å². The standard InChI is InChI=1S/C19H28N2O3/c1-14(2)13-24-11-10-18(22)21-17(19(23)20-16-8-9-16)12-15-6-4-3-5-7-15/h3-7,14,16-17H,8-13H2,1-2H3,(H,20,23)(H,21,22). The summed E-state index contributed by atoms with van der Waals surface area (Å²) in [5.74, 6) is 0.201. The number of benzene rings is 1. The Morgan fingerprint density at radius 2 is 1.92 bits per heavy atom. The minimum Gasteiger partial charge on any atom is -0.381 e. The number of hydrogen-bond acceptors (Lipinski definition) is 3. The first-order chi connectivity index (χ1) is 11.5. The zero-order valence-corrected chi connectivity index (χ0v) is 14.6. The molecule has 24 heavy (non-hydrogen) atoms. The summed E-state index contributed by atoms with van der Waals surface area (Å²) in [5.41, 5.74) is 1.03. The van der Waals surface area contributed by atoms with Gasteiger partial charge in [-0.05, 0) is 24.3 Å². The lowest BCUT2D eigenvalue weighted by Crippen LogP contribution is -2.48. The van der Waals surface area contributed by atoms with Crippen molar-refractivity contribution in [3.63, 3.8) is 0 Å². The molecule has 132 valence electrons. The van der Waals surface area contributed by atoms with Crippen LogP contribution < -0.4 is 10.6 Å². The number of amides is 2. The molecule has 1 aliphatic carbocycles. The average molecular weight is 332 g/mol. The van der Waals surface area contributed by atoms with Crippen molar-refractivity contribution >= 4 is 11.8 Å². The van der Waals surface area contributed by atoms with E-state index < -0.39 is 6.04 Å². The third-order valence-electron chi connectivity index (χ3n) is 3.78. The number of nitrogens with one attached hydrogen (secondary N) is 2. The average Bonchev–Trinajstić information content (AvgIpc) is 3.36. The third kappa shape index (κ3) is 7.13. The molecule has 2 amide bonds. The molecule has 1 unspecified atom stereocenters. The van der Waals surface area contributed by atoms with Crippen molar-refractivity contribution in [2.24, 2.45) is 5.92 Å². The highest BCUT2D eigenvalue weighted by atomic mass is 16.5. The molecule has 0 radical (unpaired) electrons. The molecule has 1 fully saturated rings. The molecule has 0 aliphatic heterocycles. The van der Waals surface area contributed by atoms with Gasteiger partial charge < -0.3 is 15.4 Å². The lowest BCUT2D eigenvalue weighted by molar-refractivity contribution is -0.129. The Hall–Kier alpha value is -1.88. The normalized spacial score (nSPS) is 15.1. The van der Waals surface area contributed by atoms with E-state index in [9.17, 15) is 9.59 Å². The van der Waals surface area contributed by atoms with E-state index in [0.29, 0.717) is 25.6 Å². The lowest BCUT2D eigenvalue weighted by Gasteiger charge is -2.19. The Bertz CT molecular complexity index is 527. The molecule has 0 heterocycles. The fourth-order valence-corrected chi connectivity index (χ4v) is 2.34. The number of rotatable bonds is 10. The number of hydrogen-bond donors (Lipinski definition) is 2. The lowest BCUT2D eigenvalue weighted by atomic mass is 10.0. The van der Waals surface area contributed by atoms with Crippen LogP contribution in [0.4, 0.5) is 0 Å². The molecule has 1 saturated carbocycles. The molecule has 1 atom stereocenters. The summed E-state index contributed by atoms with van der Waals surface area (Å²) in [6, 6.07) is 9.49. The maximum absolute atomic E-state index is 12.4. The van der Waals surface area contributed by atoms with Gasteiger partial charge in [0.15, 0.2) is 0 Å². The van der Waals surface area contributed by atoms with Crippen LogP contribution in [0.3, 0.4) is 0 Å². The Labute approximate surface area is 144 Å². The van der Waals surface area contributed by atoms with E-state index in [2.05, 4.69) is 24.5 Å². The van der Waals surface area contributed by atoms with Crippen molar-refractivity contribution in [1.29, 1.82) is 0 Å². The van der Waals surface area contributed by atoms with Crippen LogP contribution in [0.2, 0.25) is 0 Å². The highest BCUT2D eigenvalue weighted by molar-refractivity contribution is 5.88. The van der Waals surface area contributed by atoms with Gasteiger partial charge in [-0.1, -0.05) is 44.2 Å². The van der Waals surface area contributed by atoms with Gasteiger partial charge in [0.25, 0.3) is 0 Å². The minimum absolute atomic E-state index is 0.0993. The van der Waals surface area contributed by atoms with Gasteiger partial charge in [0.2, 0.25) is 11.8 Å². The first-order valence-corrected chi connectivity index (χ1v) is 8.76. The van der Waals surface area contributed by atoms with Crippen LogP contribution in [-0.4, -0.2) is 37.1 Å². The van der Waals surface area contributed by atoms with Crippen LogP contribution in [0.1, 0.15) is 38.7 Å². The van der Waals surface area contributed by atoms with Crippen molar-refractivity contribution in [3.8, 4) is 0 Å². The maximum atomic E-state index is 12.4. The van der Waals surface area contributed by atoms with Gasteiger partial charge in [0.1, 0.15) is 6.04 Å². The third-order valence-corrected chi connectivity index (χ3v) is 3.78. The summed E-state index contributed by atoms with van der Waals surface area (Å²) in [7, 11) is 0. The Kier molecular flexibility index (Phi) is 7.25. The summed E-state index contributed by atoms with van der Waals surface area (Å²) in [6.45, 7) is 5.16. The van der Waals surface area contributed by atoms with Crippen LogP contribution >= 0.6 is 0 Å². The minimum atomic E-state index is -0.536. The first kappa shape index (κ1) is 18.5. The van der Waals surface area contributed by atoms with Crippen LogP contribution in [-0.2, 0) is 20.7 Å². The molecule has 0 bridgehead atoms. The van der Waals surface area contributed by atoms with E-state index in [4.69, 9.17) is 4.74 Å². The van der Waals surface area contributed by atoms with Crippen molar-refractivity contribution in [2.45, 2.75) is 51.6 Å². The molecular formula is C19H28N2O3. The molecule has 2 N–H and O–H groups in total. The molecule has 1 aromatic carbocycles. The second-order valence-corrected chi connectivity index (χ2v) is 6.81.